The number of likely N-dealkylation sites (N-methyl/N-ethyl adjacent to an activating group) is 1. The van der Waals surface area contributed by atoms with Gasteiger partial charge in [0.05, 0.1) is 17.6 Å². The number of nitrogens with zero attached hydrogens (tertiary/aromatic N) is 4. The van der Waals surface area contributed by atoms with Crippen LogP contribution in [0.4, 0.5) is 5.69 Å². The first-order valence-corrected chi connectivity index (χ1v) is 11.0. The van der Waals surface area contributed by atoms with Gasteiger partial charge in [-0.1, -0.05) is 30.3 Å². The highest BCUT2D eigenvalue weighted by Crippen LogP contribution is 2.18. The molecule has 3 aromatic rings. The molecule has 9 nitrogen and oxygen atoms in total. The molecule has 0 spiro atoms. The van der Waals surface area contributed by atoms with Crippen molar-refractivity contribution in [1.29, 1.82) is 0 Å². The average Bonchev–Trinajstić information content (AvgIpc) is 3.03. The zero-order valence-electron chi connectivity index (χ0n) is 19.2. The normalized spacial score (nSPS) is 17.2. The Morgan fingerprint density at radius 1 is 1.00 bits per heavy atom. The summed E-state index contributed by atoms with van der Waals surface area (Å²) < 4.78 is 3.13. The van der Waals surface area contributed by atoms with Gasteiger partial charge in [-0.2, -0.15) is 0 Å². The van der Waals surface area contributed by atoms with Gasteiger partial charge in [-0.15, -0.1) is 0 Å². The molecule has 33 heavy (non-hydrogen) atoms. The first-order valence-electron chi connectivity index (χ1n) is 11.0. The molecule has 174 valence electrons. The SMILES string of the molecule is CNC(=O)C1CN(Cc2ccccc2)CCN1CC(=O)Nc1ccc2c(c1)n(C)c(=O)n2C. The van der Waals surface area contributed by atoms with Crippen molar-refractivity contribution in [3.63, 3.8) is 0 Å². The quantitative estimate of drug-likeness (QED) is 0.578. The van der Waals surface area contributed by atoms with Crippen LogP contribution in [-0.4, -0.2) is 70.0 Å². The number of carbonyl (C=O) groups excluding carboxylic acids is 2. The van der Waals surface area contributed by atoms with E-state index in [9.17, 15) is 14.4 Å². The van der Waals surface area contributed by atoms with Crippen LogP contribution < -0.4 is 16.3 Å². The van der Waals surface area contributed by atoms with Crippen LogP contribution in [0.25, 0.3) is 11.0 Å². The van der Waals surface area contributed by atoms with Crippen LogP contribution in [0.2, 0.25) is 0 Å². The van der Waals surface area contributed by atoms with Crippen LogP contribution in [0.5, 0.6) is 0 Å². The Morgan fingerprint density at radius 3 is 2.45 bits per heavy atom. The maximum Gasteiger partial charge on any atom is 0.328 e. The largest absolute Gasteiger partial charge is 0.358 e. The van der Waals surface area contributed by atoms with E-state index in [1.165, 1.54) is 5.56 Å². The van der Waals surface area contributed by atoms with Crippen molar-refractivity contribution >= 4 is 28.5 Å². The summed E-state index contributed by atoms with van der Waals surface area (Å²) in [6, 6.07) is 15.2. The standard InChI is InChI=1S/C24H30N6O3/c1-25-23(32)21-15-29(14-17-7-5-4-6-8-17)11-12-30(21)16-22(31)26-18-9-10-19-20(13-18)28(3)24(33)27(19)2/h4-10,13,21H,11-12,14-16H2,1-3H3,(H,25,32)(H,26,31). The van der Waals surface area contributed by atoms with Crippen LogP contribution in [0, 0.1) is 0 Å². The van der Waals surface area contributed by atoms with Crippen molar-refractivity contribution in [3.05, 3.63) is 64.6 Å². The topological polar surface area (TPSA) is 91.6 Å². The summed E-state index contributed by atoms with van der Waals surface area (Å²) in [6.45, 7) is 2.82. The maximum absolute atomic E-state index is 12.8. The van der Waals surface area contributed by atoms with Gasteiger partial charge >= 0.3 is 5.69 Å². The second-order valence-corrected chi connectivity index (χ2v) is 8.47. The fourth-order valence-electron chi connectivity index (χ4n) is 4.44. The number of aromatic nitrogens is 2. The monoisotopic (exact) mass is 450 g/mol. The molecule has 2 aromatic carbocycles. The Bertz CT molecular complexity index is 1220. The average molecular weight is 451 g/mol. The molecular weight excluding hydrogens is 420 g/mol. The molecule has 0 aliphatic carbocycles. The molecule has 2 N–H and O–H groups in total. The molecule has 2 amide bonds. The zero-order valence-corrected chi connectivity index (χ0v) is 19.2. The second kappa shape index (κ2) is 9.60. The molecule has 1 aromatic heterocycles. The molecule has 1 atom stereocenters. The summed E-state index contributed by atoms with van der Waals surface area (Å²) in [5.41, 5.74) is 3.25. The first-order chi connectivity index (χ1) is 15.9. The molecule has 1 saturated heterocycles. The van der Waals surface area contributed by atoms with Gasteiger partial charge in [0.25, 0.3) is 0 Å². The predicted molar refractivity (Wildman–Crippen MR) is 128 cm³/mol. The summed E-state index contributed by atoms with van der Waals surface area (Å²) in [7, 11) is 5.05. The van der Waals surface area contributed by atoms with Gasteiger partial charge < -0.3 is 10.6 Å². The van der Waals surface area contributed by atoms with E-state index < -0.39 is 6.04 Å². The fourth-order valence-corrected chi connectivity index (χ4v) is 4.44. The number of imidazole rings is 1. The third-order valence-electron chi connectivity index (χ3n) is 6.28. The van der Waals surface area contributed by atoms with Gasteiger partial charge in [0.2, 0.25) is 11.8 Å². The van der Waals surface area contributed by atoms with E-state index in [1.54, 1.807) is 42.4 Å². The summed E-state index contributed by atoms with van der Waals surface area (Å²) in [5.74, 6) is -0.290. The van der Waals surface area contributed by atoms with Crippen molar-refractivity contribution in [1.82, 2.24) is 24.3 Å². The van der Waals surface area contributed by atoms with Crippen LogP contribution in [0.1, 0.15) is 5.56 Å². The molecule has 1 fully saturated rings. The van der Waals surface area contributed by atoms with Crippen molar-refractivity contribution in [2.24, 2.45) is 14.1 Å². The van der Waals surface area contributed by atoms with Crippen molar-refractivity contribution in [2.45, 2.75) is 12.6 Å². The number of rotatable bonds is 6. The number of amides is 2. The Labute approximate surface area is 192 Å². The minimum atomic E-state index is -0.407. The molecule has 1 aliphatic heterocycles. The molecular formula is C24H30N6O3. The van der Waals surface area contributed by atoms with E-state index in [0.29, 0.717) is 18.8 Å². The van der Waals surface area contributed by atoms with Gasteiger partial charge in [-0.05, 0) is 23.8 Å². The number of carbonyl (C=O) groups is 2. The van der Waals surface area contributed by atoms with Crippen LogP contribution in [0.3, 0.4) is 0 Å². The summed E-state index contributed by atoms with van der Waals surface area (Å²) in [5, 5.41) is 5.65. The van der Waals surface area contributed by atoms with E-state index in [0.717, 1.165) is 24.1 Å². The number of piperazine rings is 1. The van der Waals surface area contributed by atoms with Gasteiger partial charge in [-0.25, -0.2) is 4.79 Å². The maximum atomic E-state index is 12.8. The van der Waals surface area contributed by atoms with Crippen LogP contribution in [0.15, 0.2) is 53.3 Å². The van der Waals surface area contributed by atoms with Gasteiger partial charge in [0.1, 0.15) is 6.04 Å². The molecule has 0 bridgehead atoms. The lowest BCUT2D eigenvalue weighted by atomic mass is 10.1. The van der Waals surface area contributed by atoms with Crippen LogP contribution >= 0.6 is 0 Å². The van der Waals surface area contributed by atoms with E-state index >= 15 is 0 Å². The third-order valence-corrected chi connectivity index (χ3v) is 6.28. The Hall–Kier alpha value is -3.43. The third kappa shape index (κ3) is 4.84. The summed E-state index contributed by atoms with van der Waals surface area (Å²) >= 11 is 0. The molecule has 1 unspecified atom stereocenters. The molecule has 2 heterocycles. The Morgan fingerprint density at radius 2 is 1.73 bits per heavy atom. The van der Waals surface area contributed by atoms with E-state index in [2.05, 4.69) is 27.7 Å². The molecule has 0 radical (unpaired) electrons. The Kier molecular flexibility index (Phi) is 6.62. The van der Waals surface area contributed by atoms with Crippen LogP contribution in [-0.2, 0) is 30.2 Å². The number of anilines is 1. The lowest BCUT2D eigenvalue weighted by molar-refractivity contribution is -0.130. The fraction of sp³-hybridized carbons (Fsp3) is 0.375. The number of fused-ring (bicyclic) bond motifs is 1. The smallest absolute Gasteiger partial charge is 0.328 e. The second-order valence-electron chi connectivity index (χ2n) is 8.47. The highest BCUT2D eigenvalue weighted by atomic mass is 16.2. The zero-order chi connectivity index (χ0) is 23.5. The molecule has 1 aliphatic rings. The minimum absolute atomic E-state index is 0.0960. The number of benzene rings is 2. The van der Waals surface area contributed by atoms with Crippen molar-refractivity contribution in [3.8, 4) is 0 Å². The summed E-state index contributed by atoms with van der Waals surface area (Å²) in [6.07, 6.45) is 0. The summed E-state index contributed by atoms with van der Waals surface area (Å²) in [4.78, 5) is 41.7. The van der Waals surface area contributed by atoms with E-state index in [-0.39, 0.29) is 24.0 Å². The first kappa shape index (κ1) is 22.8. The van der Waals surface area contributed by atoms with Crippen molar-refractivity contribution < 1.29 is 9.59 Å². The lowest BCUT2D eigenvalue weighted by Crippen LogP contribution is -2.59. The lowest BCUT2D eigenvalue weighted by Gasteiger charge is -2.40. The molecule has 4 rings (SSSR count). The van der Waals surface area contributed by atoms with E-state index in [4.69, 9.17) is 0 Å². The van der Waals surface area contributed by atoms with Gasteiger partial charge in [-0.3, -0.25) is 28.5 Å². The predicted octanol–water partition coefficient (Wildman–Crippen LogP) is 0.748. The minimum Gasteiger partial charge on any atom is -0.358 e. The van der Waals surface area contributed by atoms with Gasteiger partial charge in [0, 0.05) is 53.0 Å². The number of nitrogens with one attached hydrogen (secondary N) is 2. The highest BCUT2D eigenvalue weighted by Gasteiger charge is 2.33. The Balaban J connectivity index is 1.43. The van der Waals surface area contributed by atoms with Crippen molar-refractivity contribution in [2.75, 3.05) is 38.5 Å². The van der Waals surface area contributed by atoms with E-state index in [1.807, 2.05) is 29.2 Å². The molecule has 0 saturated carbocycles. The number of aryl methyl sites for hydroxylation is 2. The number of hydrogen-bond acceptors (Lipinski definition) is 5. The number of hydrogen-bond donors (Lipinski definition) is 2. The van der Waals surface area contributed by atoms with Gasteiger partial charge in [0.15, 0.2) is 0 Å². The highest BCUT2D eigenvalue weighted by molar-refractivity contribution is 5.95. The molecule has 9 heteroatoms.